The zero-order chi connectivity index (χ0) is 12.5. The number of aliphatic carboxylic acids is 1. The zero-order valence-electron chi connectivity index (χ0n) is 9.90. The van der Waals surface area contributed by atoms with E-state index in [1.54, 1.807) is 13.8 Å². The summed E-state index contributed by atoms with van der Waals surface area (Å²) >= 11 is 0. The van der Waals surface area contributed by atoms with Gasteiger partial charge in [0.1, 0.15) is 0 Å². The highest BCUT2D eigenvalue weighted by atomic mass is 16.5. The number of carbonyl (C=O) groups is 2. The lowest BCUT2D eigenvalue weighted by atomic mass is 10.1. The molecule has 1 rings (SSSR count). The second-order valence-corrected chi connectivity index (χ2v) is 4.84. The molecule has 1 N–H and O–H groups in total. The van der Waals surface area contributed by atoms with Gasteiger partial charge in [0, 0.05) is 11.8 Å². The fourth-order valence-corrected chi connectivity index (χ4v) is 1.75. The van der Waals surface area contributed by atoms with Gasteiger partial charge in [0.25, 0.3) is 0 Å². The minimum absolute atomic E-state index is 0.204. The monoisotopic (exact) mass is 224 g/mol. The molecule has 0 aromatic carbocycles. The summed E-state index contributed by atoms with van der Waals surface area (Å²) in [6.45, 7) is 7.14. The molecule has 0 aromatic rings. The van der Waals surface area contributed by atoms with Crippen molar-refractivity contribution in [2.45, 2.75) is 33.8 Å². The van der Waals surface area contributed by atoms with Crippen LogP contribution in [0.15, 0.2) is 0 Å². The molecule has 88 valence electrons. The molecule has 0 spiro atoms. The topological polar surface area (TPSA) is 63.6 Å². The summed E-state index contributed by atoms with van der Waals surface area (Å²) in [5.74, 6) is 2.83. The van der Waals surface area contributed by atoms with Gasteiger partial charge in [0.2, 0.25) is 0 Å². The number of hydrogen-bond acceptors (Lipinski definition) is 3. The Morgan fingerprint density at radius 3 is 2.31 bits per heavy atom. The van der Waals surface area contributed by atoms with E-state index in [2.05, 4.69) is 11.8 Å². The number of ether oxygens (including phenoxy) is 1. The highest BCUT2D eigenvalue weighted by Crippen LogP contribution is 2.57. The third-order valence-corrected chi connectivity index (χ3v) is 2.77. The highest BCUT2D eigenvalue weighted by Gasteiger charge is 2.61. The summed E-state index contributed by atoms with van der Waals surface area (Å²) in [6, 6.07) is 0. The first-order valence-electron chi connectivity index (χ1n) is 5.21. The Kier molecular flexibility index (Phi) is 3.27. The van der Waals surface area contributed by atoms with Gasteiger partial charge in [-0.05, 0) is 19.3 Å². The van der Waals surface area contributed by atoms with Crippen LogP contribution in [-0.4, -0.2) is 23.1 Å². The molecular formula is C12H16O4. The average molecular weight is 224 g/mol. The Hall–Kier alpha value is -1.50. The van der Waals surface area contributed by atoms with E-state index in [0.717, 1.165) is 0 Å². The van der Waals surface area contributed by atoms with E-state index in [1.807, 2.05) is 13.8 Å². The third-order valence-electron chi connectivity index (χ3n) is 2.77. The maximum Gasteiger partial charge on any atom is 0.384 e. The number of rotatable bonds is 2. The van der Waals surface area contributed by atoms with Crippen molar-refractivity contribution in [1.82, 2.24) is 0 Å². The lowest BCUT2D eigenvalue weighted by molar-refractivity contribution is -0.141. The van der Waals surface area contributed by atoms with E-state index < -0.39 is 17.9 Å². The Morgan fingerprint density at radius 1 is 1.38 bits per heavy atom. The van der Waals surface area contributed by atoms with Gasteiger partial charge in [-0.2, -0.15) is 0 Å². The van der Waals surface area contributed by atoms with Crippen molar-refractivity contribution in [3.8, 4) is 11.8 Å². The van der Waals surface area contributed by atoms with Crippen LogP contribution in [0.3, 0.4) is 0 Å². The molecule has 2 unspecified atom stereocenters. The van der Waals surface area contributed by atoms with Crippen molar-refractivity contribution in [1.29, 1.82) is 0 Å². The molecule has 2 atom stereocenters. The first kappa shape index (κ1) is 12.6. The Bertz CT molecular complexity index is 370. The average Bonchev–Trinajstić information content (AvgIpc) is 2.63. The van der Waals surface area contributed by atoms with Crippen molar-refractivity contribution in [2.24, 2.45) is 17.3 Å². The standard InChI is InChI=1S/C12H16O4/c1-7(2)16-9(13)6-5-8-10(11(14)15)12(8,3)4/h7-8,10H,1-4H3,(H,14,15). The van der Waals surface area contributed by atoms with Crippen LogP contribution >= 0.6 is 0 Å². The largest absolute Gasteiger partial charge is 0.481 e. The predicted octanol–water partition coefficient (Wildman–Crippen LogP) is 1.30. The summed E-state index contributed by atoms with van der Waals surface area (Å²) in [6.07, 6.45) is -0.204. The molecule has 0 bridgehead atoms. The summed E-state index contributed by atoms with van der Waals surface area (Å²) in [5.41, 5.74) is -0.350. The molecule has 0 aliphatic heterocycles. The zero-order valence-corrected chi connectivity index (χ0v) is 9.90. The number of carboxylic acid groups (broad SMARTS) is 1. The van der Waals surface area contributed by atoms with Crippen molar-refractivity contribution in [3.05, 3.63) is 0 Å². The van der Waals surface area contributed by atoms with Crippen molar-refractivity contribution in [2.75, 3.05) is 0 Å². The molecule has 4 nitrogen and oxygen atoms in total. The van der Waals surface area contributed by atoms with Gasteiger partial charge < -0.3 is 9.84 Å². The van der Waals surface area contributed by atoms with E-state index in [1.165, 1.54) is 0 Å². The summed E-state index contributed by atoms with van der Waals surface area (Å²) in [7, 11) is 0. The van der Waals surface area contributed by atoms with Gasteiger partial charge in [-0.15, -0.1) is 0 Å². The Labute approximate surface area is 95.0 Å². The Balaban J connectivity index is 2.61. The fourth-order valence-electron chi connectivity index (χ4n) is 1.75. The van der Waals surface area contributed by atoms with Gasteiger partial charge in [0.05, 0.1) is 12.0 Å². The van der Waals surface area contributed by atoms with Crippen LogP contribution in [-0.2, 0) is 14.3 Å². The van der Waals surface area contributed by atoms with Gasteiger partial charge in [-0.3, -0.25) is 4.79 Å². The molecule has 0 heterocycles. The van der Waals surface area contributed by atoms with Crippen LogP contribution in [0.1, 0.15) is 27.7 Å². The molecule has 0 radical (unpaired) electrons. The molecule has 0 amide bonds. The van der Waals surface area contributed by atoms with Crippen molar-refractivity contribution >= 4 is 11.9 Å². The smallest absolute Gasteiger partial charge is 0.384 e. The minimum atomic E-state index is -0.860. The van der Waals surface area contributed by atoms with E-state index in [9.17, 15) is 9.59 Å². The molecule has 1 fully saturated rings. The summed E-state index contributed by atoms with van der Waals surface area (Å²) in [4.78, 5) is 22.0. The predicted molar refractivity (Wildman–Crippen MR) is 57.4 cm³/mol. The maximum absolute atomic E-state index is 11.1. The first-order chi connectivity index (χ1) is 7.26. The quantitative estimate of drug-likeness (QED) is 0.436. The Morgan fingerprint density at radius 2 is 1.94 bits per heavy atom. The molecule has 4 heteroatoms. The van der Waals surface area contributed by atoms with Gasteiger partial charge >= 0.3 is 11.9 Å². The molecule has 16 heavy (non-hydrogen) atoms. The van der Waals surface area contributed by atoms with Gasteiger partial charge in [-0.25, -0.2) is 4.79 Å². The van der Waals surface area contributed by atoms with Crippen LogP contribution in [0, 0.1) is 29.1 Å². The number of esters is 1. The number of carboxylic acids is 1. The maximum atomic E-state index is 11.1. The van der Waals surface area contributed by atoms with Crippen LogP contribution in [0.25, 0.3) is 0 Å². The molecular weight excluding hydrogens is 208 g/mol. The van der Waals surface area contributed by atoms with Crippen LogP contribution in [0.5, 0.6) is 0 Å². The van der Waals surface area contributed by atoms with Crippen LogP contribution in [0.4, 0.5) is 0 Å². The molecule has 1 aliphatic rings. The SMILES string of the molecule is CC(C)OC(=O)C#CC1C(C(=O)O)C1(C)C. The second kappa shape index (κ2) is 4.17. The molecule has 1 saturated carbocycles. The van der Waals surface area contributed by atoms with E-state index in [-0.39, 0.29) is 17.4 Å². The van der Waals surface area contributed by atoms with Crippen LogP contribution < -0.4 is 0 Å². The summed E-state index contributed by atoms with van der Waals surface area (Å²) in [5, 5.41) is 8.89. The molecule has 0 saturated heterocycles. The van der Waals surface area contributed by atoms with Crippen LogP contribution in [0.2, 0.25) is 0 Å². The lowest BCUT2D eigenvalue weighted by Gasteiger charge is -2.01. The number of hydrogen-bond donors (Lipinski definition) is 1. The summed E-state index contributed by atoms with van der Waals surface area (Å²) < 4.78 is 4.83. The minimum Gasteiger partial charge on any atom is -0.481 e. The van der Waals surface area contributed by atoms with Crippen molar-refractivity contribution < 1.29 is 19.4 Å². The van der Waals surface area contributed by atoms with Gasteiger partial charge in [-0.1, -0.05) is 19.8 Å². The second-order valence-electron chi connectivity index (χ2n) is 4.84. The van der Waals surface area contributed by atoms with Gasteiger partial charge in [0.15, 0.2) is 0 Å². The normalized spacial score (nSPS) is 25.6. The highest BCUT2D eigenvalue weighted by molar-refractivity contribution is 5.89. The third kappa shape index (κ3) is 2.54. The fraction of sp³-hybridized carbons (Fsp3) is 0.667. The lowest BCUT2D eigenvalue weighted by Crippen LogP contribution is -2.09. The number of carbonyl (C=O) groups excluding carboxylic acids is 1. The van der Waals surface area contributed by atoms with Crippen molar-refractivity contribution in [3.63, 3.8) is 0 Å². The van der Waals surface area contributed by atoms with E-state index in [4.69, 9.17) is 9.84 Å². The molecule has 1 aliphatic carbocycles. The van der Waals surface area contributed by atoms with E-state index >= 15 is 0 Å². The first-order valence-corrected chi connectivity index (χ1v) is 5.21. The van der Waals surface area contributed by atoms with E-state index in [0.29, 0.717) is 0 Å². The molecule has 0 aromatic heterocycles.